The number of anilines is 1. The summed E-state index contributed by atoms with van der Waals surface area (Å²) in [4.78, 5) is 25.1. The predicted molar refractivity (Wildman–Crippen MR) is 65.4 cm³/mol. The lowest BCUT2D eigenvalue weighted by atomic mass is 10.1. The summed E-state index contributed by atoms with van der Waals surface area (Å²) in [6.45, 7) is 2.62. The van der Waals surface area contributed by atoms with Crippen LogP contribution in [-0.4, -0.2) is 23.3 Å². The van der Waals surface area contributed by atoms with Gasteiger partial charge in [-0.2, -0.15) is 0 Å². The number of amides is 2. The maximum atomic E-state index is 11.9. The summed E-state index contributed by atoms with van der Waals surface area (Å²) < 4.78 is 0. The van der Waals surface area contributed by atoms with Crippen molar-refractivity contribution in [1.82, 2.24) is 4.90 Å². The van der Waals surface area contributed by atoms with E-state index in [-0.39, 0.29) is 18.4 Å². The van der Waals surface area contributed by atoms with Crippen molar-refractivity contribution in [2.75, 3.05) is 11.9 Å². The Labute approximate surface area is 101 Å². The highest BCUT2D eigenvalue weighted by Gasteiger charge is 2.21. The van der Waals surface area contributed by atoms with Gasteiger partial charge in [0.25, 0.3) is 0 Å². The molecule has 17 heavy (non-hydrogen) atoms. The van der Waals surface area contributed by atoms with Crippen LogP contribution in [0.4, 0.5) is 5.69 Å². The summed E-state index contributed by atoms with van der Waals surface area (Å²) in [6, 6.07) is 7.59. The largest absolute Gasteiger partial charge is 0.329 e. The number of rotatable bonds is 2. The van der Waals surface area contributed by atoms with Crippen LogP contribution in [0.25, 0.3) is 0 Å². The number of hydrogen-bond donors (Lipinski definition) is 1. The van der Waals surface area contributed by atoms with E-state index in [2.05, 4.69) is 5.32 Å². The topological polar surface area (TPSA) is 49.4 Å². The van der Waals surface area contributed by atoms with Crippen molar-refractivity contribution in [3.63, 3.8) is 0 Å². The SMILES string of the molecule is CCCC(=O)N1CC(=O)Nc2ccccc2C1. The standard InChI is InChI=1S/C13H16N2O2/c1-2-5-13(17)15-8-10-6-3-4-7-11(10)14-12(16)9-15/h3-4,6-7H,2,5,8-9H2,1H3,(H,14,16). The van der Waals surface area contributed by atoms with E-state index in [0.717, 1.165) is 17.7 Å². The molecular weight excluding hydrogens is 216 g/mol. The Balaban J connectivity index is 2.23. The van der Waals surface area contributed by atoms with Gasteiger partial charge >= 0.3 is 0 Å². The highest BCUT2D eigenvalue weighted by molar-refractivity contribution is 5.96. The first-order valence-electron chi connectivity index (χ1n) is 5.86. The summed E-state index contributed by atoms with van der Waals surface area (Å²) in [7, 11) is 0. The molecule has 2 amide bonds. The summed E-state index contributed by atoms with van der Waals surface area (Å²) in [5, 5.41) is 2.82. The van der Waals surface area contributed by atoms with Crippen molar-refractivity contribution in [2.24, 2.45) is 0 Å². The number of benzene rings is 1. The van der Waals surface area contributed by atoms with E-state index in [1.54, 1.807) is 4.90 Å². The highest BCUT2D eigenvalue weighted by atomic mass is 16.2. The zero-order valence-corrected chi connectivity index (χ0v) is 9.90. The van der Waals surface area contributed by atoms with Crippen molar-refractivity contribution in [3.05, 3.63) is 29.8 Å². The molecule has 0 unspecified atom stereocenters. The van der Waals surface area contributed by atoms with Crippen molar-refractivity contribution in [2.45, 2.75) is 26.3 Å². The molecule has 1 aromatic carbocycles. The second-order valence-corrected chi connectivity index (χ2v) is 4.21. The van der Waals surface area contributed by atoms with Gasteiger partial charge in [-0.1, -0.05) is 25.1 Å². The smallest absolute Gasteiger partial charge is 0.244 e. The fourth-order valence-electron chi connectivity index (χ4n) is 1.95. The Kier molecular flexibility index (Phi) is 3.42. The van der Waals surface area contributed by atoms with Crippen molar-refractivity contribution < 1.29 is 9.59 Å². The lowest BCUT2D eigenvalue weighted by Crippen LogP contribution is -2.35. The third-order valence-electron chi connectivity index (χ3n) is 2.80. The Morgan fingerprint density at radius 1 is 1.35 bits per heavy atom. The van der Waals surface area contributed by atoms with Crippen molar-refractivity contribution in [1.29, 1.82) is 0 Å². The van der Waals surface area contributed by atoms with Crippen LogP contribution in [-0.2, 0) is 16.1 Å². The third kappa shape index (κ3) is 2.64. The molecular formula is C13H16N2O2. The number of para-hydroxylation sites is 1. The van der Waals surface area contributed by atoms with Gasteiger partial charge in [0.2, 0.25) is 11.8 Å². The molecule has 0 radical (unpaired) electrons. The molecule has 0 fully saturated rings. The van der Waals surface area contributed by atoms with E-state index in [9.17, 15) is 9.59 Å². The highest BCUT2D eigenvalue weighted by Crippen LogP contribution is 2.20. The number of nitrogens with one attached hydrogen (secondary N) is 1. The molecule has 0 bridgehead atoms. The van der Waals surface area contributed by atoms with Gasteiger partial charge in [0.1, 0.15) is 6.54 Å². The third-order valence-corrected chi connectivity index (χ3v) is 2.80. The van der Waals surface area contributed by atoms with E-state index in [0.29, 0.717) is 13.0 Å². The Morgan fingerprint density at radius 2 is 2.12 bits per heavy atom. The first-order chi connectivity index (χ1) is 8.20. The Hall–Kier alpha value is -1.84. The number of hydrogen-bond acceptors (Lipinski definition) is 2. The van der Waals surface area contributed by atoms with Gasteiger partial charge in [0.05, 0.1) is 0 Å². The fourth-order valence-corrected chi connectivity index (χ4v) is 1.95. The van der Waals surface area contributed by atoms with Crippen LogP contribution < -0.4 is 5.32 Å². The maximum absolute atomic E-state index is 11.9. The minimum absolute atomic E-state index is 0.0411. The van der Waals surface area contributed by atoms with Gasteiger partial charge in [-0.25, -0.2) is 0 Å². The van der Waals surface area contributed by atoms with Crippen LogP contribution in [0.3, 0.4) is 0 Å². The molecule has 90 valence electrons. The predicted octanol–water partition coefficient (Wildman–Crippen LogP) is 1.77. The van der Waals surface area contributed by atoms with Crippen LogP contribution in [0, 0.1) is 0 Å². The van der Waals surface area contributed by atoms with Gasteiger partial charge in [-0.15, -0.1) is 0 Å². The maximum Gasteiger partial charge on any atom is 0.244 e. The van der Waals surface area contributed by atoms with Crippen LogP contribution in [0.2, 0.25) is 0 Å². The number of carbonyl (C=O) groups is 2. The van der Waals surface area contributed by atoms with Crippen LogP contribution >= 0.6 is 0 Å². The first-order valence-corrected chi connectivity index (χ1v) is 5.86. The molecule has 1 aliphatic rings. The van der Waals surface area contributed by atoms with Gasteiger partial charge < -0.3 is 10.2 Å². The molecule has 0 atom stereocenters. The lowest BCUT2D eigenvalue weighted by Gasteiger charge is -2.19. The summed E-state index contributed by atoms with van der Waals surface area (Å²) in [5.74, 6) is -0.0845. The molecule has 1 aromatic rings. The second-order valence-electron chi connectivity index (χ2n) is 4.21. The average molecular weight is 232 g/mol. The minimum atomic E-state index is -0.126. The van der Waals surface area contributed by atoms with Crippen molar-refractivity contribution in [3.8, 4) is 0 Å². The van der Waals surface area contributed by atoms with Gasteiger partial charge in [0, 0.05) is 18.7 Å². The average Bonchev–Trinajstić information content (AvgIpc) is 2.47. The summed E-state index contributed by atoms with van der Waals surface area (Å²) in [5.41, 5.74) is 1.80. The fraction of sp³-hybridized carbons (Fsp3) is 0.385. The molecule has 0 aromatic heterocycles. The molecule has 4 nitrogen and oxygen atoms in total. The molecule has 0 saturated carbocycles. The zero-order valence-electron chi connectivity index (χ0n) is 9.90. The zero-order chi connectivity index (χ0) is 12.3. The van der Waals surface area contributed by atoms with Crippen LogP contribution in [0.1, 0.15) is 25.3 Å². The molecule has 4 heteroatoms. The summed E-state index contributed by atoms with van der Waals surface area (Å²) >= 11 is 0. The minimum Gasteiger partial charge on any atom is -0.329 e. The lowest BCUT2D eigenvalue weighted by molar-refractivity contribution is -0.135. The molecule has 1 aliphatic heterocycles. The van der Waals surface area contributed by atoms with E-state index in [4.69, 9.17) is 0 Å². The Bertz CT molecular complexity index is 443. The quantitative estimate of drug-likeness (QED) is 0.844. The van der Waals surface area contributed by atoms with E-state index in [1.807, 2.05) is 31.2 Å². The van der Waals surface area contributed by atoms with E-state index < -0.39 is 0 Å². The molecule has 2 rings (SSSR count). The number of nitrogens with zero attached hydrogens (tertiary/aromatic N) is 1. The second kappa shape index (κ2) is 4.99. The van der Waals surface area contributed by atoms with Crippen LogP contribution in [0.5, 0.6) is 0 Å². The van der Waals surface area contributed by atoms with Gasteiger partial charge in [-0.3, -0.25) is 9.59 Å². The van der Waals surface area contributed by atoms with Crippen molar-refractivity contribution >= 4 is 17.5 Å². The normalized spacial score (nSPS) is 14.9. The molecule has 0 spiro atoms. The Morgan fingerprint density at radius 3 is 2.88 bits per heavy atom. The number of fused-ring (bicyclic) bond motifs is 1. The number of carbonyl (C=O) groups excluding carboxylic acids is 2. The van der Waals surface area contributed by atoms with E-state index >= 15 is 0 Å². The molecule has 0 saturated heterocycles. The van der Waals surface area contributed by atoms with E-state index in [1.165, 1.54) is 0 Å². The summed E-state index contributed by atoms with van der Waals surface area (Å²) in [6.07, 6.45) is 1.30. The monoisotopic (exact) mass is 232 g/mol. The van der Waals surface area contributed by atoms with Gasteiger partial charge in [-0.05, 0) is 18.1 Å². The van der Waals surface area contributed by atoms with Gasteiger partial charge in [0.15, 0.2) is 0 Å². The first kappa shape index (κ1) is 11.6. The van der Waals surface area contributed by atoms with Crippen LogP contribution in [0.15, 0.2) is 24.3 Å². The molecule has 1 heterocycles. The molecule has 0 aliphatic carbocycles. The molecule has 1 N–H and O–H groups in total.